The van der Waals surface area contributed by atoms with Gasteiger partial charge in [-0.25, -0.2) is 8.42 Å². The number of nitrogens with one attached hydrogen (secondary N) is 1. The molecule has 3 heterocycles. The van der Waals surface area contributed by atoms with Gasteiger partial charge in [0.1, 0.15) is 13.2 Å². The van der Waals surface area contributed by atoms with Gasteiger partial charge in [-0.05, 0) is 67.1 Å². The Balaban J connectivity index is 1.28. The molecule has 3 aliphatic rings. The maximum absolute atomic E-state index is 13.6. The predicted octanol–water partition coefficient (Wildman–Crippen LogP) is 3.30. The number of benzene rings is 2. The topological polar surface area (TPSA) is 88.2 Å². The van der Waals surface area contributed by atoms with Crippen molar-refractivity contribution >= 4 is 39.1 Å². The van der Waals surface area contributed by atoms with Gasteiger partial charge >= 0.3 is 0 Å². The first-order chi connectivity index (χ1) is 17.3. The van der Waals surface area contributed by atoms with Crippen LogP contribution in [0.3, 0.4) is 0 Å². The molecule has 1 unspecified atom stereocenters. The van der Waals surface area contributed by atoms with E-state index in [-0.39, 0.29) is 23.9 Å². The molecule has 0 saturated heterocycles. The van der Waals surface area contributed by atoms with Crippen molar-refractivity contribution in [2.45, 2.75) is 17.2 Å². The van der Waals surface area contributed by atoms with Crippen molar-refractivity contribution in [1.82, 2.24) is 14.5 Å². The van der Waals surface area contributed by atoms with Crippen molar-refractivity contribution in [3.05, 3.63) is 63.2 Å². The lowest BCUT2D eigenvalue weighted by Crippen LogP contribution is -2.39. The van der Waals surface area contributed by atoms with Crippen LogP contribution in [0, 0.1) is 0 Å². The first kappa shape index (κ1) is 25.4. The minimum absolute atomic E-state index is 0.0146. The minimum Gasteiger partial charge on any atom is -0.486 e. The molecule has 1 amide bonds. The highest BCUT2D eigenvalue weighted by atomic mass is 35.5. The summed E-state index contributed by atoms with van der Waals surface area (Å²) < 4.78 is 39.2. The molecule has 36 heavy (non-hydrogen) atoms. The quantitative estimate of drug-likeness (QED) is 0.531. The van der Waals surface area contributed by atoms with Gasteiger partial charge < -0.3 is 19.7 Å². The van der Waals surface area contributed by atoms with E-state index in [0.29, 0.717) is 60.8 Å². The third-order valence-corrected chi connectivity index (χ3v) is 8.95. The number of rotatable bonds is 7. The molecule has 5 rings (SSSR count). The Morgan fingerprint density at radius 1 is 0.972 bits per heavy atom. The maximum atomic E-state index is 13.6. The monoisotopic (exact) mass is 551 g/mol. The molecule has 11 heteroatoms. The van der Waals surface area contributed by atoms with Gasteiger partial charge in [0.2, 0.25) is 15.9 Å². The van der Waals surface area contributed by atoms with Crippen molar-refractivity contribution < 1.29 is 22.7 Å². The number of halogens is 2. The van der Waals surface area contributed by atoms with Gasteiger partial charge in [0.25, 0.3) is 0 Å². The van der Waals surface area contributed by atoms with E-state index in [4.69, 9.17) is 32.7 Å². The van der Waals surface area contributed by atoms with Crippen LogP contribution in [-0.4, -0.2) is 76.5 Å². The zero-order chi connectivity index (χ0) is 25.4. The molecule has 0 radical (unpaired) electrons. The molecule has 1 N–H and O–H groups in total. The fourth-order valence-corrected chi connectivity index (χ4v) is 6.91. The number of carbonyl (C=O) groups excluding carboxylic acids is 1. The predicted molar refractivity (Wildman–Crippen MR) is 138 cm³/mol. The summed E-state index contributed by atoms with van der Waals surface area (Å²) in [7, 11) is -1.88. The van der Waals surface area contributed by atoms with Crippen LogP contribution in [-0.2, 0) is 14.8 Å². The Morgan fingerprint density at radius 2 is 1.61 bits per heavy atom. The van der Waals surface area contributed by atoms with E-state index in [9.17, 15) is 13.2 Å². The van der Waals surface area contributed by atoms with Gasteiger partial charge in [0.05, 0.1) is 10.8 Å². The van der Waals surface area contributed by atoms with Crippen LogP contribution in [0.5, 0.6) is 11.5 Å². The van der Waals surface area contributed by atoms with Crippen LogP contribution in [0.15, 0.2) is 52.4 Å². The first-order valence-electron chi connectivity index (χ1n) is 11.7. The summed E-state index contributed by atoms with van der Waals surface area (Å²) in [5, 5.41) is 4.08. The van der Waals surface area contributed by atoms with Gasteiger partial charge in [-0.3, -0.25) is 4.79 Å². The molecule has 2 aromatic carbocycles. The van der Waals surface area contributed by atoms with Gasteiger partial charge in [0.15, 0.2) is 11.5 Å². The summed E-state index contributed by atoms with van der Waals surface area (Å²) in [6.07, 6.45) is 0.595. The molecule has 0 saturated carbocycles. The molecular formula is C25H27Cl2N3O5S. The average Bonchev–Trinajstić information content (AvgIpc) is 3.43. The van der Waals surface area contributed by atoms with Gasteiger partial charge in [-0.15, -0.1) is 0 Å². The van der Waals surface area contributed by atoms with Crippen molar-refractivity contribution in [3.8, 4) is 11.5 Å². The second-order valence-electron chi connectivity index (χ2n) is 9.13. The van der Waals surface area contributed by atoms with Crippen molar-refractivity contribution in [2.75, 3.05) is 53.0 Å². The molecule has 8 nitrogen and oxygen atoms in total. The molecule has 2 aromatic rings. The van der Waals surface area contributed by atoms with E-state index in [2.05, 4.69) is 5.32 Å². The van der Waals surface area contributed by atoms with Crippen molar-refractivity contribution in [3.63, 3.8) is 0 Å². The summed E-state index contributed by atoms with van der Waals surface area (Å²) >= 11 is 12.4. The Hall–Kier alpha value is -2.30. The summed E-state index contributed by atoms with van der Waals surface area (Å²) in [6.45, 7) is 2.83. The second-order valence-corrected chi connectivity index (χ2v) is 11.9. The molecule has 0 fully saturated rings. The SMILES string of the molecule is CNCCC(C(=O)N1CC2=C(C1)CN(S(=O)(=O)c1ccc3c(c1)OCCO3)C2)c1cc(Cl)cc(Cl)c1. The van der Waals surface area contributed by atoms with Crippen molar-refractivity contribution in [1.29, 1.82) is 0 Å². The Labute approximate surface area is 220 Å². The van der Waals surface area contributed by atoms with E-state index in [0.717, 1.165) is 16.7 Å². The zero-order valence-corrected chi connectivity index (χ0v) is 22.1. The zero-order valence-electron chi connectivity index (χ0n) is 19.8. The van der Waals surface area contributed by atoms with Crippen LogP contribution < -0.4 is 14.8 Å². The van der Waals surface area contributed by atoms with Crippen LogP contribution in [0.4, 0.5) is 0 Å². The van der Waals surface area contributed by atoms with E-state index >= 15 is 0 Å². The number of ether oxygens (including phenoxy) is 2. The Morgan fingerprint density at radius 3 is 2.25 bits per heavy atom. The normalized spacial score (nSPS) is 18.5. The third kappa shape index (κ3) is 4.95. The number of fused-ring (bicyclic) bond motifs is 1. The van der Waals surface area contributed by atoms with Gasteiger partial charge in [-0.1, -0.05) is 23.2 Å². The van der Waals surface area contributed by atoms with Crippen LogP contribution in [0.25, 0.3) is 0 Å². The van der Waals surface area contributed by atoms with Crippen LogP contribution >= 0.6 is 23.2 Å². The average molecular weight is 552 g/mol. The molecule has 0 aliphatic carbocycles. The van der Waals surface area contributed by atoms with Crippen LogP contribution in [0.1, 0.15) is 17.9 Å². The van der Waals surface area contributed by atoms with E-state index in [1.54, 1.807) is 35.2 Å². The standard InChI is InChI=1S/C25H27Cl2N3O5S/c1-28-5-4-22(16-8-19(26)10-20(27)9-16)25(31)29-12-17-14-30(15-18(17)13-29)36(32,33)21-2-3-23-24(11-21)35-7-6-34-23/h2-3,8-11,22,28H,4-7,12-15H2,1H3. The summed E-state index contributed by atoms with van der Waals surface area (Å²) in [5.41, 5.74) is 2.73. The number of sulfonamides is 1. The Bertz CT molecular complexity index is 1290. The number of nitrogens with zero attached hydrogens (tertiary/aromatic N) is 2. The molecule has 0 spiro atoms. The third-order valence-electron chi connectivity index (χ3n) is 6.73. The lowest BCUT2D eigenvalue weighted by atomic mass is 9.94. The fraction of sp³-hybridized carbons (Fsp3) is 0.400. The number of amides is 1. The summed E-state index contributed by atoms with van der Waals surface area (Å²) in [6, 6.07) is 9.91. The van der Waals surface area contributed by atoms with E-state index < -0.39 is 15.9 Å². The largest absolute Gasteiger partial charge is 0.486 e. The molecule has 0 bridgehead atoms. The van der Waals surface area contributed by atoms with Crippen molar-refractivity contribution in [2.24, 2.45) is 0 Å². The molecule has 3 aliphatic heterocycles. The first-order valence-corrected chi connectivity index (χ1v) is 13.9. The van der Waals surface area contributed by atoms with Crippen LogP contribution in [0.2, 0.25) is 10.0 Å². The molecular weight excluding hydrogens is 525 g/mol. The second kappa shape index (κ2) is 10.2. The summed E-state index contributed by atoms with van der Waals surface area (Å²) in [4.78, 5) is 15.5. The number of hydrogen-bond acceptors (Lipinski definition) is 6. The van der Waals surface area contributed by atoms with Gasteiger partial charge in [0, 0.05) is 42.3 Å². The van der Waals surface area contributed by atoms with E-state index in [1.165, 1.54) is 10.4 Å². The molecule has 1 atom stereocenters. The highest BCUT2D eigenvalue weighted by molar-refractivity contribution is 7.89. The number of hydrogen-bond donors (Lipinski definition) is 1. The fourth-order valence-electron chi connectivity index (χ4n) is 4.92. The number of carbonyl (C=O) groups is 1. The maximum Gasteiger partial charge on any atom is 0.243 e. The smallest absolute Gasteiger partial charge is 0.243 e. The minimum atomic E-state index is -3.72. The highest BCUT2D eigenvalue weighted by Crippen LogP contribution is 2.36. The lowest BCUT2D eigenvalue weighted by Gasteiger charge is -2.27. The lowest BCUT2D eigenvalue weighted by molar-refractivity contribution is -0.131. The van der Waals surface area contributed by atoms with E-state index in [1.807, 2.05) is 7.05 Å². The molecule has 192 valence electrons. The van der Waals surface area contributed by atoms with Gasteiger partial charge in [-0.2, -0.15) is 4.31 Å². The Kier molecular flexibility index (Phi) is 7.20. The highest BCUT2D eigenvalue weighted by Gasteiger charge is 2.39. The molecule has 0 aromatic heterocycles. The summed E-state index contributed by atoms with van der Waals surface area (Å²) in [5.74, 6) is 0.572.